The van der Waals surface area contributed by atoms with Gasteiger partial charge in [-0.05, 0) is 36.4 Å². The summed E-state index contributed by atoms with van der Waals surface area (Å²) in [4.78, 5) is 13.1. The average Bonchev–Trinajstić information content (AvgIpc) is 2.96. The lowest BCUT2D eigenvalue weighted by atomic mass is 9.77. The summed E-state index contributed by atoms with van der Waals surface area (Å²) in [7, 11) is 0. The van der Waals surface area contributed by atoms with Crippen LogP contribution in [0.15, 0.2) is 63.8 Å². The van der Waals surface area contributed by atoms with Crippen LogP contribution in [-0.4, -0.2) is 57.2 Å². The maximum Gasteiger partial charge on any atom is 0.235 e. The number of hydrogen-bond donors (Lipinski definition) is 10. The van der Waals surface area contributed by atoms with Crippen molar-refractivity contribution in [2.45, 2.75) is 18.1 Å². The topological polar surface area (TPSA) is 242 Å². The van der Waals surface area contributed by atoms with Crippen molar-refractivity contribution in [3.63, 3.8) is 0 Å². The number of phenols is 8. The lowest BCUT2D eigenvalue weighted by molar-refractivity contribution is 0.00771. The summed E-state index contributed by atoms with van der Waals surface area (Å²) < 4.78 is 11.7. The van der Waals surface area contributed by atoms with Crippen LogP contribution in [0.1, 0.15) is 28.7 Å². The molecule has 0 bridgehead atoms. The van der Waals surface area contributed by atoms with E-state index in [1.807, 2.05) is 0 Å². The maximum atomic E-state index is 13.1. The van der Waals surface area contributed by atoms with Gasteiger partial charge < -0.3 is 60.2 Å². The van der Waals surface area contributed by atoms with Crippen molar-refractivity contribution in [2.24, 2.45) is 0 Å². The summed E-state index contributed by atoms with van der Waals surface area (Å²) in [5, 5.41) is 105. The second-order valence-electron chi connectivity index (χ2n) is 9.98. The molecule has 1 aliphatic heterocycles. The van der Waals surface area contributed by atoms with Crippen LogP contribution in [0.5, 0.6) is 57.5 Å². The van der Waals surface area contributed by atoms with Crippen molar-refractivity contribution in [1.82, 2.24) is 0 Å². The molecule has 0 amide bonds. The van der Waals surface area contributed by atoms with E-state index in [0.29, 0.717) is 0 Å². The Morgan fingerprint density at radius 1 is 0.651 bits per heavy atom. The summed E-state index contributed by atoms with van der Waals surface area (Å²) in [6.07, 6.45) is -3.21. The molecular formula is C30H22O13. The molecule has 1 aromatic heterocycles. The van der Waals surface area contributed by atoms with Gasteiger partial charge in [0, 0.05) is 40.3 Å². The lowest BCUT2D eigenvalue weighted by Gasteiger charge is -2.38. The first-order valence-corrected chi connectivity index (χ1v) is 12.6. The monoisotopic (exact) mass is 590 g/mol. The van der Waals surface area contributed by atoms with Crippen LogP contribution in [-0.2, 0) is 0 Å². The average molecular weight is 590 g/mol. The molecule has 0 spiro atoms. The second kappa shape index (κ2) is 9.56. The number of rotatable bonds is 3. The van der Waals surface area contributed by atoms with E-state index in [9.17, 15) is 55.9 Å². The fraction of sp³-hybridized carbons (Fsp3) is 0.100. The molecular weight excluding hydrogens is 568 g/mol. The van der Waals surface area contributed by atoms with Crippen LogP contribution in [0.3, 0.4) is 0 Å². The number of aromatic hydroxyl groups is 9. The van der Waals surface area contributed by atoms with Gasteiger partial charge in [-0.1, -0.05) is 6.07 Å². The largest absolute Gasteiger partial charge is 0.508 e. The van der Waals surface area contributed by atoms with E-state index in [1.165, 1.54) is 30.3 Å². The Hall–Kier alpha value is -5.95. The van der Waals surface area contributed by atoms with E-state index in [-0.39, 0.29) is 50.5 Å². The van der Waals surface area contributed by atoms with Crippen molar-refractivity contribution < 1.29 is 60.2 Å². The van der Waals surface area contributed by atoms with Gasteiger partial charge in [0.15, 0.2) is 40.6 Å². The highest BCUT2D eigenvalue weighted by molar-refractivity contribution is 5.85. The van der Waals surface area contributed by atoms with Gasteiger partial charge in [-0.25, -0.2) is 0 Å². The number of aliphatic hydroxyl groups is 1. The normalized spacial score (nSPS) is 17.8. The van der Waals surface area contributed by atoms with Crippen LogP contribution in [0.2, 0.25) is 0 Å². The maximum absolute atomic E-state index is 13.1. The van der Waals surface area contributed by atoms with Crippen molar-refractivity contribution in [3.8, 4) is 68.8 Å². The Morgan fingerprint density at radius 2 is 1.28 bits per heavy atom. The summed E-state index contributed by atoms with van der Waals surface area (Å²) >= 11 is 0. The standard InChI is InChI=1S/C30H22O13/c31-11-1-3-13-19(7-11)42-29(10-5-16(33)24(37)17(34)6-10)27(40)21(13)22-15(9-18(35)25(38)26(22)39)30-28(41)23(36)14-4-2-12(32)8-20(14)43-30/h1-9,21,27,29,31-35,37-41H/t21?,27-,29?/m0/s1. The van der Waals surface area contributed by atoms with E-state index in [1.54, 1.807) is 0 Å². The van der Waals surface area contributed by atoms with Crippen LogP contribution in [0.25, 0.3) is 22.3 Å². The first kappa shape index (κ1) is 27.2. The molecule has 0 aliphatic carbocycles. The zero-order valence-electron chi connectivity index (χ0n) is 21.6. The van der Waals surface area contributed by atoms with Gasteiger partial charge in [0.1, 0.15) is 28.9 Å². The number of benzene rings is 4. The molecule has 13 nitrogen and oxygen atoms in total. The second-order valence-corrected chi connectivity index (χ2v) is 9.98. The fourth-order valence-corrected chi connectivity index (χ4v) is 5.34. The highest BCUT2D eigenvalue weighted by Crippen LogP contribution is 2.55. The lowest BCUT2D eigenvalue weighted by Crippen LogP contribution is -2.35. The molecule has 13 heteroatoms. The number of ether oxygens (including phenoxy) is 1. The van der Waals surface area contributed by atoms with Crippen LogP contribution >= 0.6 is 0 Å². The Bertz CT molecular complexity index is 1990. The van der Waals surface area contributed by atoms with Crippen LogP contribution in [0.4, 0.5) is 0 Å². The molecule has 0 fully saturated rings. The Balaban J connectivity index is 1.66. The Labute approximate surface area is 239 Å². The molecule has 2 unspecified atom stereocenters. The van der Waals surface area contributed by atoms with E-state index >= 15 is 0 Å². The Morgan fingerprint density at radius 3 is 1.98 bits per heavy atom. The predicted octanol–water partition coefficient (Wildman–Crippen LogP) is 3.44. The minimum Gasteiger partial charge on any atom is -0.508 e. The van der Waals surface area contributed by atoms with E-state index < -0.39 is 69.6 Å². The van der Waals surface area contributed by atoms with Gasteiger partial charge in [0.05, 0.1) is 5.39 Å². The smallest absolute Gasteiger partial charge is 0.235 e. The summed E-state index contributed by atoms with van der Waals surface area (Å²) in [6.45, 7) is 0. The minimum absolute atomic E-state index is 0.0561. The molecule has 5 aromatic rings. The zero-order chi connectivity index (χ0) is 30.9. The number of aliphatic hydroxyl groups excluding tert-OH is 1. The predicted molar refractivity (Wildman–Crippen MR) is 147 cm³/mol. The summed E-state index contributed by atoms with van der Waals surface area (Å²) in [5.41, 5.74) is -1.77. The third kappa shape index (κ3) is 4.18. The molecule has 6 rings (SSSR count). The quantitative estimate of drug-likeness (QED) is 0.136. The molecule has 2 heterocycles. The van der Waals surface area contributed by atoms with Crippen LogP contribution in [0, 0.1) is 0 Å². The summed E-state index contributed by atoms with van der Waals surface area (Å²) in [5.74, 6) is -8.80. The first-order chi connectivity index (χ1) is 20.4. The molecule has 10 N–H and O–H groups in total. The molecule has 0 saturated carbocycles. The Kier molecular flexibility index (Phi) is 6.06. The fourth-order valence-electron chi connectivity index (χ4n) is 5.34. The van der Waals surface area contributed by atoms with Crippen LogP contribution < -0.4 is 10.2 Å². The van der Waals surface area contributed by atoms with E-state index in [0.717, 1.165) is 24.3 Å². The van der Waals surface area contributed by atoms with Crippen molar-refractivity contribution in [3.05, 3.63) is 81.5 Å². The molecule has 3 atom stereocenters. The van der Waals surface area contributed by atoms with Gasteiger partial charge in [-0.3, -0.25) is 4.79 Å². The summed E-state index contributed by atoms with van der Waals surface area (Å²) in [6, 6.07) is 10.2. The van der Waals surface area contributed by atoms with Gasteiger partial charge in [-0.2, -0.15) is 0 Å². The first-order valence-electron chi connectivity index (χ1n) is 12.6. The van der Waals surface area contributed by atoms with Gasteiger partial charge in [0.25, 0.3) is 0 Å². The van der Waals surface area contributed by atoms with Gasteiger partial charge in [-0.15, -0.1) is 0 Å². The van der Waals surface area contributed by atoms with E-state index in [2.05, 4.69) is 0 Å². The molecule has 4 aromatic carbocycles. The van der Waals surface area contributed by atoms with Gasteiger partial charge in [0.2, 0.25) is 16.9 Å². The highest BCUT2D eigenvalue weighted by Gasteiger charge is 2.43. The zero-order valence-corrected chi connectivity index (χ0v) is 21.6. The third-order valence-corrected chi connectivity index (χ3v) is 7.36. The molecule has 0 saturated heterocycles. The van der Waals surface area contributed by atoms with Crippen molar-refractivity contribution >= 4 is 11.0 Å². The molecule has 43 heavy (non-hydrogen) atoms. The number of fused-ring (bicyclic) bond motifs is 2. The van der Waals surface area contributed by atoms with E-state index in [4.69, 9.17) is 9.15 Å². The van der Waals surface area contributed by atoms with Crippen molar-refractivity contribution in [2.75, 3.05) is 0 Å². The SMILES string of the molecule is O=c1c(O)c(-c2cc(O)c(O)c(O)c2C2c3ccc(O)cc3OC(c3cc(O)c(O)c(O)c3)[C@H]2O)oc2cc(O)ccc12. The molecule has 220 valence electrons. The van der Waals surface area contributed by atoms with Crippen molar-refractivity contribution in [1.29, 1.82) is 0 Å². The number of hydrogen-bond acceptors (Lipinski definition) is 13. The highest BCUT2D eigenvalue weighted by atomic mass is 16.5. The molecule has 0 radical (unpaired) electrons. The minimum atomic E-state index is -1.74. The molecule has 1 aliphatic rings. The number of phenolic OH excluding ortho intramolecular Hbond substituents is 8. The third-order valence-electron chi connectivity index (χ3n) is 7.36. The van der Waals surface area contributed by atoms with Gasteiger partial charge >= 0.3 is 0 Å².